The van der Waals surface area contributed by atoms with Gasteiger partial charge in [0.2, 0.25) is 0 Å². The van der Waals surface area contributed by atoms with Gasteiger partial charge < -0.3 is 14.6 Å². The van der Waals surface area contributed by atoms with Gasteiger partial charge in [-0.05, 0) is 25.3 Å². The number of rotatable bonds is 6. The minimum atomic E-state index is -0.948. The lowest BCUT2D eigenvalue weighted by Crippen LogP contribution is -2.25. The third kappa shape index (κ3) is 3.50. The zero-order chi connectivity index (χ0) is 12.2. The maximum absolute atomic E-state index is 10.8. The van der Waals surface area contributed by atoms with Gasteiger partial charge in [0.05, 0.1) is 12.2 Å². The summed E-state index contributed by atoms with van der Waals surface area (Å²) in [6.07, 6.45) is 0.707. The summed E-state index contributed by atoms with van der Waals surface area (Å²) in [6, 6.07) is 1.67. The van der Waals surface area contributed by atoms with Gasteiger partial charge in [-0.25, -0.2) is 4.79 Å². The van der Waals surface area contributed by atoms with Crippen molar-refractivity contribution in [2.45, 2.75) is 25.9 Å². The molecule has 1 heterocycles. The van der Waals surface area contributed by atoms with Gasteiger partial charge >= 0.3 is 5.97 Å². The molecule has 0 bridgehead atoms. The Morgan fingerprint density at radius 3 is 2.81 bits per heavy atom. The predicted octanol–water partition coefficient (Wildman–Crippen LogP) is 2.64. The number of carboxylic acids is 1. The molecular weight excluding hydrogens is 228 g/mol. The fraction of sp³-hybridized carbons (Fsp3) is 0.545. The molecule has 1 rings (SSSR count). The van der Waals surface area contributed by atoms with Gasteiger partial charge in [0.15, 0.2) is 4.88 Å². The van der Waals surface area contributed by atoms with E-state index in [1.54, 1.807) is 18.6 Å². The quantitative estimate of drug-likeness (QED) is 0.835. The first kappa shape index (κ1) is 13.0. The summed E-state index contributed by atoms with van der Waals surface area (Å²) < 4.78 is 10.7. The summed E-state index contributed by atoms with van der Waals surface area (Å²) >= 11 is 1.17. The summed E-state index contributed by atoms with van der Waals surface area (Å²) in [5.41, 5.74) is -0.251. The Labute approximate surface area is 98.8 Å². The average Bonchev–Trinajstić information content (AvgIpc) is 2.66. The Kier molecular flexibility index (Phi) is 4.32. The first-order valence-electron chi connectivity index (χ1n) is 4.95. The van der Waals surface area contributed by atoms with Crippen LogP contribution in [0.1, 0.15) is 29.9 Å². The maximum Gasteiger partial charge on any atom is 0.349 e. The highest BCUT2D eigenvalue weighted by Crippen LogP contribution is 2.25. The first-order chi connectivity index (χ1) is 7.46. The van der Waals surface area contributed by atoms with Gasteiger partial charge in [0.25, 0.3) is 0 Å². The monoisotopic (exact) mass is 244 g/mol. The van der Waals surface area contributed by atoms with E-state index in [-0.39, 0.29) is 10.5 Å². The van der Waals surface area contributed by atoms with Crippen molar-refractivity contribution in [2.75, 3.05) is 13.7 Å². The second kappa shape index (κ2) is 5.32. The lowest BCUT2D eigenvalue weighted by Gasteiger charge is -2.22. The van der Waals surface area contributed by atoms with Crippen molar-refractivity contribution in [3.05, 3.63) is 16.3 Å². The van der Waals surface area contributed by atoms with Crippen LogP contribution >= 0.6 is 11.3 Å². The molecule has 0 saturated heterocycles. The number of carbonyl (C=O) groups is 1. The standard InChI is InChI=1S/C11H16O4S/c1-11(2,14-3)5-6-15-8-4-7-16-9(8)10(12)13/h4,7H,5-6H2,1-3H3,(H,12,13). The maximum atomic E-state index is 10.8. The minimum absolute atomic E-state index is 0.246. The van der Waals surface area contributed by atoms with E-state index in [1.165, 1.54) is 11.3 Å². The molecule has 0 saturated carbocycles. The molecule has 0 aliphatic heterocycles. The van der Waals surface area contributed by atoms with Crippen molar-refractivity contribution >= 4 is 17.3 Å². The van der Waals surface area contributed by atoms with Gasteiger partial charge in [-0.15, -0.1) is 11.3 Å². The van der Waals surface area contributed by atoms with Crippen molar-refractivity contribution in [2.24, 2.45) is 0 Å². The molecule has 0 atom stereocenters. The van der Waals surface area contributed by atoms with E-state index in [2.05, 4.69) is 0 Å². The highest BCUT2D eigenvalue weighted by molar-refractivity contribution is 7.12. The third-order valence-electron chi connectivity index (χ3n) is 2.34. The van der Waals surface area contributed by atoms with Crippen LogP contribution in [0.2, 0.25) is 0 Å². The van der Waals surface area contributed by atoms with E-state index < -0.39 is 5.97 Å². The summed E-state index contributed by atoms with van der Waals surface area (Å²) in [5, 5.41) is 10.6. The molecule has 1 aromatic rings. The fourth-order valence-corrected chi connectivity index (χ4v) is 1.75. The Morgan fingerprint density at radius 2 is 2.25 bits per heavy atom. The fourth-order valence-electron chi connectivity index (χ4n) is 1.08. The molecule has 0 aliphatic rings. The molecule has 90 valence electrons. The summed E-state index contributed by atoms with van der Waals surface area (Å²) in [7, 11) is 1.65. The van der Waals surface area contributed by atoms with Crippen LogP contribution in [-0.2, 0) is 4.74 Å². The normalized spacial score (nSPS) is 11.4. The van der Waals surface area contributed by atoms with Crippen LogP contribution in [0.15, 0.2) is 11.4 Å². The van der Waals surface area contributed by atoms with E-state index in [0.717, 1.165) is 0 Å². The van der Waals surface area contributed by atoms with Crippen LogP contribution in [0.4, 0.5) is 0 Å². The summed E-state index contributed by atoms with van der Waals surface area (Å²) in [5.74, 6) is -0.514. The Bertz CT molecular complexity index is 357. The number of thiophene rings is 1. The van der Waals surface area contributed by atoms with Crippen LogP contribution in [-0.4, -0.2) is 30.4 Å². The van der Waals surface area contributed by atoms with Crippen molar-refractivity contribution in [3.63, 3.8) is 0 Å². The molecular formula is C11H16O4S. The number of hydrogen-bond acceptors (Lipinski definition) is 4. The third-order valence-corrected chi connectivity index (χ3v) is 3.22. The average molecular weight is 244 g/mol. The number of methoxy groups -OCH3 is 1. The van der Waals surface area contributed by atoms with Crippen LogP contribution < -0.4 is 4.74 Å². The summed E-state index contributed by atoms with van der Waals surface area (Å²) in [4.78, 5) is 11.1. The van der Waals surface area contributed by atoms with Crippen molar-refractivity contribution in [1.29, 1.82) is 0 Å². The zero-order valence-corrected chi connectivity index (χ0v) is 10.5. The Balaban J connectivity index is 2.49. The van der Waals surface area contributed by atoms with Gasteiger partial charge in [-0.3, -0.25) is 0 Å². The van der Waals surface area contributed by atoms with E-state index in [0.29, 0.717) is 18.8 Å². The molecule has 0 aliphatic carbocycles. The molecule has 0 unspecified atom stereocenters. The lowest BCUT2D eigenvalue weighted by molar-refractivity contribution is 0.00542. The van der Waals surface area contributed by atoms with Gasteiger partial charge in [0.1, 0.15) is 5.75 Å². The van der Waals surface area contributed by atoms with Crippen molar-refractivity contribution < 1.29 is 19.4 Å². The second-order valence-corrected chi connectivity index (χ2v) is 4.90. The van der Waals surface area contributed by atoms with E-state index in [9.17, 15) is 4.79 Å². The number of ether oxygens (including phenoxy) is 2. The smallest absolute Gasteiger partial charge is 0.349 e. The topological polar surface area (TPSA) is 55.8 Å². The van der Waals surface area contributed by atoms with Crippen LogP contribution in [0.5, 0.6) is 5.75 Å². The Hall–Kier alpha value is -1.07. The predicted molar refractivity (Wildman–Crippen MR) is 62.5 cm³/mol. The Morgan fingerprint density at radius 1 is 1.56 bits per heavy atom. The molecule has 16 heavy (non-hydrogen) atoms. The SMILES string of the molecule is COC(C)(C)CCOc1ccsc1C(=O)O. The van der Waals surface area contributed by atoms with Crippen LogP contribution in [0, 0.1) is 0 Å². The highest BCUT2D eigenvalue weighted by atomic mass is 32.1. The molecule has 0 spiro atoms. The van der Waals surface area contributed by atoms with E-state index in [1.807, 2.05) is 13.8 Å². The van der Waals surface area contributed by atoms with E-state index >= 15 is 0 Å². The minimum Gasteiger partial charge on any atom is -0.492 e. The molecule has 1 N–H and O–H groups in total. The highest BCUT2D eigenvalue weighted by Gasteiger charge is 2.18. The van der Waals surface area contributed by atoms with Crippen molar-refractivity contribution in [1.82, 2.24) is 0 Å². The number of carboxylic acid groups (broad SMARTS) is 1. The van der Waals surface area contributed by atoms with Crippen LogP contribution in [0.25, 0.3) is 0 Å². The molecule has 1 aromatic heterocycles. The largest absolute Gasteiger partial charge is 0.492 e. The summed E-state index contributed by atoms with van der Waals surface area (Å²) in [6.45, 7) is 4.36. The second-order valence-electron chi connectivity index (χ2n) is 3.98. The first-order valence-corrected chi connectivity index (χ1v) is 5.83. The van der Waals surface area contributed by atoms with Crippen molar-refractivity contribution in [3.8, 4) is 5.75 Å². The molecule has 5 heteroatoms. The lowest BCUT2D eigenvalue weighted by atomic mass is 10.1. The molecule has 0 fully saturated rings. The zero-order valence-electron chi connectivity index (χ0n) is 9.65. The van der Waals surface area contributed by atoms with Gasteiger partial charge in [-0.1, -0.05) is 0 Å². The van der Waals surface area contributed by atoms with E-state index in [4.69, 9.17) is 14.6 Å². The molecule has 0 amide bonds. The van der Waals surface area contributed by atoms with Gasteiger partial charge in [-0.2, -0.15) is 0 Å². The number of hydrogen-bond donors (Lipinski definition) is 1. The van der Waals surface area contributed by atoms with Gasteiger partial charge in [0, 0.05) is 13.5 Å². The number of aromatic carboxylic acids is 1. The molecule has 4 nitrogen and oxygen atoms in total. The van der Waals surface area contributed by atoms with Crippen LogP contribution in [0.3, 0.4) is 0 Å². The molecule has 0 aromatic carbocycles. The molecule has 0 radical (unpaired) electrons.